The second-order valence-electron chi connectivity index (χ2n) is 6.98. The van der Waals surface area contributed by atoms with Gasteiger partial charge in [0.1, 0.15) is 12.4 Å². The van der Waals surface area contributed by atoms with Crippen molar-refractivity contribution in [1.29, 1.82) is 0 Å². The van der Waals surface area contributed by atoms with Gasteiger partial charge in [0, 0.05) is 17.1 Å². The third-order valence-electron chi connectivity index (χ3n) is 4.86. The number of halogens is 1. The van der Waals surface area contributed by atoms with Crippen molar-refractivity contribution in [2.24, 2.45) is 0 Å². The molecule has 0 radical (unpaired) electrons. The van der Waals surface area contributed by atoms with Gasteiger partial charge in [0.2, 0.25) is 0 Å². The number of methoxy groups -OCH3 is 1. The van der Waals surface area contributed by atoms with E-state index in [9.17, 15) is 9.59 Å². The molecule has 1 fully saturated rings. The van der Waals surface area contributed by atoms with Gasteiger partial charge in [0.15, 0.2) is 0 Å². The Hall–Kier alpha value is -2.61. The molecular weight excluding hydrogens is 478 g/mol. The van der Waals surface area contributed by atoms with Crippen LogP contribution in [0.5, 0.6) is 5.75 Å². The van der Waals surface area contributed by atoms with Crippen LogP contribution in [0.4, 0.5) is 4.79 Å². The Balaban J connectivity index is 1.55. The molecule has 0 aliphatic carbocycles. The second-order valence-corrected chi connectivity index (χ2v) is 8.89. The topological polar surface area (TPSA) is 55.8 Å². The molecule has 0 N–H and O–H groups in total. The standard InChI is InChI=1S/C24H20BrNO4S/c1-29-11-10-26-23(27)22(31-24(26)28)14-19-13-20(25)8-9-21(19)30-15-16-6-7-17-4-2-3-5-18(17)12-16/h2-9,12-14H,10-11,15H2,1H3/b22-14+. The number of benzene rings is 3. The number of rotatable bonds is 7. The first kappa shape index (κ1) is 21.6. The van der Waals surface area contributed by atoms with E-state index in [1.807, 2.05) is 36.4 Å². The maximum absolute atomic E-state index is 12.6. The molecule has 3 aromatic rings. The van der Waals surface area contributed by atoms with Gasteiger partial charge in [-0.2, -0.15) is 0 Å². The number of hydrogen-bond donors (Lipinski definition) is 0. The first-order chi connectivity index (χ1) is 15.0. The van der Waals surface area contributed by atoms with E-state index in [0.29, 0.717) is 23.9 Å². The zero-order valence-corrected chi connectivity index (χ0v) is 19.2. The van der Waals surface area contributed by atoms with Crippen LogP contribution in [0.2, 0.25) is 0 Å². The predicted octanol–water partition coefficient (Wildman–Crippen LogP) is 5.86. The van der Waals surface area contributed by atoms with E-state index in [4.69, 9.17) is 9.47 Å². The highest BCUT2D eigenvalue weighted by Crippen LogP contribution is 2.35. The number of fused-ring (bicyclic) bond motifs is 1. The number of nitrogens with zero attached hydrogens (tertiary/aromatic N) is 1. The Morgan fingerprint density at radius 2 is 1.84 bits per heavy atom. The molecule has 1 saturated heterocycles. The molecule has 0 atom stereocenters. The number of ether oxygens (including phenoxy) is 2. The fourth-order valence-corrected chi connectivity index (χ4v) is 4.50. The Labute approximate surface area is 193 Å². The molecule has 158 valence electrons. The molecule has 0 aromatic heterocycles. The maximum Gasteiger partial charge on any atom is 0.293 e. The summed E-state index contributed by atoms with van der Waals surface area (Å²) in [6.45, 7) is 0.938. The van der Waals surface area contributed by atoms with Crippen molar-refractivity contribution in [3.05, 3.63) is 81.2 Å². The van der Waals surface area contributed by atoms with Crippen LogP contribution in [0.25, 0.3) is 16.8 Å². The van der Waals surface area contributed by atoms with E-state index in [1.165, 1.54) is 17.4 Å². The smallest absolute Gasteiger partial charge is 0.293 e. The number of amides is 2. The van der Waals surface area contributed by atoms with Gasteiger partial charge in [-0.1, -0.05) is 52.3 Å². The highest BCUT2D eigenvalue weighted by molar-refractivity contribution is 9.10. The van der Waals surface area contributed by atoms with E-state index >= 15 is 0 Å². The lowest BCUT2D eigenvalue weighted by molar-refractivity contribution is -0.123. The summed E-state index contributed by atoms with van der Waals surface area (Å²) < 4.78 is 11.9. The molecule has 3 aromatic carbocycles. The van der Waals surface area contributed by atoms with Crippen molar-refractivity contribution in [3.8, 4) is 5.75 Å². The van der Waals surface area contributed by atoms with E-state index in [-0.39, 0.29) is 17.7 Å². The monoisotopic (exact) mass is 497 g/mol. The van der Waals surface area contributed by atoms with Gasteiger partial charge in [-0.25, -0.2) is 0 Å². The lowest BCUT2D eigenvalue weighted by Crippen LogP contribution is -2.31. The van der Waals surface area contributed by atoms with Crippen molar-refractivity contribution in [2.75, 3.05) is 20.3 Å². The van der Waals surface area contributed by atoms with Gasteiger partial charge in [0.25, 0.3) is 11.1 Å². The Morgan fingerprint density at radius 1 is 1.03 bits per heavy atom. The summed E-state index contributed by atoms with van der Waals surface area (Å²) in [6.07, 6.45) is 1.71. The summed E-state index contributed by atoms with van der Waals surface area (Å²) in [5, 5.41) is 2.05. The van der Waals surface area contributed by atoms with Crippen LogP contribution in [0.1, 0.15) is 11.1 Å². The Bertz CT molecular complexity index is 1180. The molecule has 4 rings (SSSR count). The summed E-state index contributed by atoms with van der Waals surface area (Å²) in [6, 6.07) is 20.0. The zero-order valence-electron chi connectivity index (χ0n) is 16.8. The predicted molar refractivity (Wildman–Crippen MR) is 127 cm³/mol. The summed E-state index contributed by atoms with van der Waals surface area (Å²) in [4.78, 5) is 26.4. The van der Waals surface area contributed by atoms with Gasteiger partial charge in [0.05, 0.1) is 18.1 Å². The number of imide groups is 1. The van der Waals surface area contributed by atoms with Crippen LogP contribution in [-0.4, -0.2) is 36.3 Å². The molecule has 0 bridgehead atoms. The lowest BCUT2D eigenvalue weighted by atomic mass is 10.1. The zero-order chi connectivity index (χ0) is 21.8. The molecule has 0 unspecified atom stereocenters. The minimum Gasteiger partial charge on any atom is -0.488 e. The van der Waals surface area contributed by atoms with Gasteiger partial charge in [-0.3, -0.25) is 14.5 Å². The first-order valence-electron chi connectivity index (χ1n) is 9.69. The molecule has 1 heterocycles. The summed E-state index contributed by atoms with van der Waals surface area (Å²) in [5.41, 5.74) is 1.78. The van der Waals surface area contributed by atoms with Crippen molar-refractivity contribution < 1.29 is 19.1 Å². The fourth-order valence-electron chi connectivity index (χ4n) is 3.27. The summed E-state index contributed by atoms with van der Waals surface area (Å²) in [7, 11) is 1.54. The molecule has 0 spiro atoms. The quantitative estimate of drug-likeness (QED) is 0.382. The number of thioether (sulfide) groups is 1. The van der Waals surface area contributed by atoms with Crippen LogP contribution >= 0.6 is 27.7 Å². The Kier molecular flexibility index (Phi) is 6.75. The van der Waals surface area contributed by atoms with Crippen LogP contribution in [-0.2, 0) is 16.1 Å². The van der Waals surface area contributed by atoms with Gasteiger partial charge < -0.3 is 9.47 Å². The maximum atomic E-state index is 12.6. The number of carbonyl (C=O) groups excluding carboxylic acids is 2. The molecule has 2 amide bonds. The number of hydrogen-bond acceptors (Lipinski definition) is 5. The third-order valence-corrected chi connectivity index (χ3v) is 6.26. The van der Waals surface area contributed by atoms with Crippen LogP contribution in [0, 0.1) is 0 Å². The van der Waals surface area contributed by atoms with Crippen LogP contribution in [0.15, 0.2) is 70.0 Å². The van der Waals surface area contributed by atoms with E-state index < -0.39 is 0 Å². The summed E-state index contributed by atoms with van der Waals surface area (Å²) >= 11 is 4.40. The van der Waals surface area contributed by atoms with Crippen molar-refractivity contribution >= 4 is 55.7 Å². The second kappa shape index (κ2) is 9.68. The van der Waals surface area contributed by atoms with Crippen LogP contribution in [0.3, 0.4) is 0 Å². The van der Waals surface area contributed by atoms with Gasteiger partial charge in [-0.05, 0) is 58.4 Å². The highest BCUT2D eigenvalue weighted by atomic mass is 79.9. The normalized spacial score (nSPS) is 15.3. The molecule has 5 nitrogen and oxygen atoms in total. The molecule has 31 heavy (non-hydrogen) atoms. The first-order valence-corrected chi connectivity index (χ1v) is 11.3. The average Bonchev–Trinajstić information content (AvgIpc) is 3.04. The van der Waals surface area contributed by atoms with Crippen molar-refractivity contribution in [1.82, 2.24) is 4.90 Å². The highest BCUT2D eigenvalue weighted by Gasteiger charge is 2.34. The van der Waals surface area contributed by atoms with E-state index in [1.54, 1.807) is 6.08 Å². The van der Waals surface area contributed by atoms with Gasteiger partial charge in [-0.15, -0.1) is 0 Å². The van der Waals surface area contributed by atoms with Crippen LogP contribution < -0.4 is 4.74 Å². The largest absolute Gasteiger partial charge is 0.488 e. The molecular formula is C24H20BrNO4S. The lowest BCUT2D eigenvalue weighted by Gasteiger charge is -2.12. The van der Waals surface area contributed by atoms with E-state index in [0.717, 1.165) is 32.7 Å². The van der Waals surface area contributed by atoms with E-state index in [2.05, 4.69) is 40.2 Å². The minimum atomic E-state index is -0.312. The summed E-state index contributed by atoms with van der Waals surface area (Å²) in [5.74, 6) is 0.326. The fraction of sp³-hybridized carbons (Fsp3) is 0.167. The average molecular weight is 498 g/mol. The molecule has 7 heteroatoms. The van der Waals surface area contributed by atoms with Crippen molar-refractivity contribution in [3.63, 3.8) is 0 Å². The number of carbonyl (C=O) groups is 2. The van der Waals surface area contributed by atoms with Gasteiger partial charge >= 0.3 is 0 Å². The molecule has 1 aliphatic rings. The Morgan fingerprint density at radius 3 is 2.65 bits per heavy atom. The molecule has 0 saturated carbocycles. The molecule has 1 aliphatic heterocycles. The SMILES string of the molecule is COCCN1C(=O)S/C(=C/c2cc(Br)ccc2OCc2ccc3ccccc3c2)C1=O. The van der Waals surface area contributed by atoms with Crippen molar-refractivity contribution in [2.45, 2.75) is 6.61 Å². The third kappa shape index (κ3) is 5.01. The minimum absolute atomic E-state index is 0.238.